The Morgan fingerprint density at radius 2 is 1.89 bits per heavy atom. The van der Waals surface area contributed by atoms with Crippen molar-refractivity contribution in [1.29, 1.82) is 0 Å². The van der Waals surface area contributed by atoms with Crippen molar-refractivity contribution in [2.24, 2.45) is 11.3 Å². The second kappa shape index (κ2) is 6.55. The number of carboxylic acid groups (broad SMARTS) is 1. The molecule has 1 aliphatic rings. The Kier molecular flexibility index (Phi) is 5.64. The van der Waals surface area contributed by atoms with Crippen molar-refractivity contribution in [3.63, 3.8) is 0 Å². The highest BCUT2D eigenvalue weighted by molar-refractivity contribution is 5.66. The Hall–Kier alpha value is -0.570. The van der Waals surface area contributed by atoms with Gasteiger partial charge in [0, 0.05) is 12.6 Å². The second-order valence-electron chi connectivity index (χ2n) is 6.85. The van der Waals surface area contributed by atoms with E-state index in [-0.39, 0.29) is 6.42 Å². The minimum absolute atomic E-state index is 0.260. The van der Waals surface area contributed by atoms with Gasteiger partial charge in [0.2, 0.25) is 0 Å². The number of hydrogen-bond donors (Lipinski definition) is 1. The van der Waals surface area contributed by atoms with Crippen LogP contribution >= 0.6 is 0 Å². The molecule has 0 aromatic heterocycles. The number of nitrogens with zero attached hydrogens (tertiary/aromatic N) is 1. The van der Waals surface area contributed by atoms with Gasteiger partial charge >= 0.3 is 5.97 Å². The fourth-order valence-corrected chi connectivity index (χ4v) is 3.04. The van der Waals surface area contributed by atoms with Gasteiger partial charge in [-0.2, -0.15) is 0 Å². The Morgan fingerprint density at radius 3 is 2.44 bits per heavy atom. The maximum Gasteiger partial charge on any atom is 0.304 e. The van der Waals surface area contributed by atoms with E-state index < -0.39 is 5.97 Å². The first-order valence-electron chi connectivity index (χ1n) is 7.22. The fraction of sp³-hybridized carbons (Fsp3) is 0.933. The van der Waals surface area contributed by atoms with Crippen LogP contribution in [0.1, 0.15) is 59.3 Å². The molecule has 0 radical (unpaired) electrons. The molecule has 3 heteroatoms. The van der Waals surface area contributed by atoms with Crippen LogP contribution in [0.15, 0.2) is 0 Å². The minimum atomic E-state index is -0.692. The first-order chi connectivity index (χ1) is 8.30. The zero-order valence-electron chi connectivity index (χ0n) is 12.4. The van der Waals surface area contributed by atoms with Gasteiger partial charge in [0.15, 0.2) is 0 Å². The third-order valence-corrected chi connectivity index (χ3v) is 4.46. The molecule has 0 aromatic carbocycles. The van der Waals surface area contributed by atoms with Gasteiger partial charge in [0.25, 0.3) is 0 Å². The number of carbonyl (C=O) groups is 1. The highest BCUT2D eigenvalue weighted by Crippen LogP contribution is 2.37. The summed E-state index contributed by atoms with van der Waals surface area (Å²) in [6.45, 7) is 7.70. The summed E-state index contributed by atoms with van der Waals surface area (Å²) >= 11 is 0. The highest BCUT2D eigenvalue weighted by atomic mass is 16.4. The molecule has 2 atom stereocenters. The Balaban J connectivity index is 2.43. The first-order valence-corrected chi connectivity index (χ1v) is 7.22. The lowest BCUT2D eigenvalue weighted by atomic mass is 9.76. The molecule has 0 spiro atoms. The summed E-state index contributed by atoms with van der Waals surface area (Å²) in [6, 6.07) is 0.580. The lowest BCUT2D eigenvalue weighted by Gasteiger charge is -2.30. The van der Waals surface area contributed by atoms with Crippen LogP contribution in [-0.4, -0.2) is 35.6 Å². The topological polar surface area (TPSA) is 40.5 Å². The van der Waals surface area contributed by atoms with E-state index in [4.69, 9.17) is 5.11 Å². The van der Waals surface area contributed by atoms with Crippen molar-refractivity contribution in [3.05, 3.63) is 0 Å². The molecule has 3 nitrogen and oxygen atoms in total. The van der Waals surface area contributed by atoms with Gasteiger partial charge in [-0.15, -0.1) is 0 Å². The van der Waals surface area contributed by atoms with Gasteiger partial charge in [-0.25, -0.2) is 0 Å². The summed E-state index contributed by atoms with van der Waals surface area (Å²) in [7, 11) is 2.07. The molecule has 0 bridgehead atoms. The predicted molar refractivity (Wildman–Crippen MR) is 74.7 cm³/mol. The molecule has 1 rings (SSSR count). The summed E-state index contributed by atoms with van der Waals surface area (Å²) in [5, 5.41) is 8.74. The summed E-state index contributed by atoms with van der Waals surface area (Å²) < 4.78 is 0. The fourth-order valence-electron chi connectivity index (χ4n) is 3.04. The second-order valence-corrected chi connectivity index (χ2v) is 6.85. The third-order valence-electron chi connectivity index (χ3n) is 4.46. The molecule has 1 fully saturated rings. The van der Waals surface area contributed by atoms with Crippen LogP contribution in [0, 0.1) is 11.3 Å². The number of rotatable bonds is 4. The van der Waals surface area contributed by atoms with E-state index in [0.717, 1.165) is 5.92 Å². The largest absolute Gasteiger partial charge is 0.481 e. The third kappa shape index (κ3) is 4.97. The maximum atomic E-state index is 10.6. The van der Waals surface area contributed by atoms with Crippen molar-refractivity contribution < 1.29 is 9.90 Å². The van der Waals surface area contributed by atoms with Gasteiger partial charge in [-0.05, 0) is 44.1 Å². The molecule has 0 aromatic rings. The van der Waals surface area contributed by atoms with Crippen LogP contribution in [0.3, 0.4) is 0 Å². The van der Waals surface area contributed by atoms with E-state index in [1.807, 2.05) is 0 Å². The molecule has 18 heavy (non-hydrogen) atoms. The zero-order valence-corrected chi connectivity index (χ0v) is 12.4. The summed E-state index contributed by atoms with van der Waals surface area (Å²) in [5.41, 5.74) is 0.411. The van der Waals surface area contributed by atoms with Gasteiger partial charge in [0.05, 0.1) is 6.42 Å². The monoisotopic (exact) mass is 255 g/mol. The van der Waals surface area contributed by atoms with Crippen LogP contribution < -0.4 is 0 Å². The Bertz CT molecular complexity index is 270. The van der Waals surface area contributed by atoms with Crippen molar-refractivity contribution >= 4 is 5.97 Å². The molecule has 1 aliphatic carbocycles. The van der Waals surface area contributed by atoms with Crippen molar-refractivity contribution in [3.8, 4) is 0 Å². The Morgan fingerprint density at radius 1 is 1.22 bits per heavy atom. The molecular weight excluding hydrogens is 226 g/mol. The van der Waals surface area contributed by atoms with Crippen LogP contribution in [-0.2, 0) is 4.79 Å². The number of hydrogen-bond acceptors (Lipinski definition) is 2. The molecule has 0 heterocycles. The quantitative estimate of drug-likeness (QED) is 0.783. The predicted octanol–water partition coefficient (Wildman–Crippen LogP) is 3.39. The van der Waals surface area contributed by atoms with Crippen molar-refractivity contribution in [2.75, 3.05) is 13.6 Å². The number of carboxylic acids is 1. The molecule has 2 unspecified atom stereocenters. The lowest BCUT2D eigenvalue weighted by molar-refractivity contribution is -0.137. The van der Waals surface area contributed by atoms with Crippen LogP contribution in [0.4, 0.5) is 0 Å². The van der Waals surface area contributed by atoms with E-state index in [2.05, 4.69) is 32.7 Å². The van der Waals surface area contributed by atoms with Gasteiger partial charge in [-0.1, -0.05) is 27.2 Å². The summed E-state index contributed by atoms with van der Waals surface area (Å²) in [4.78, 5) is 12.9. The standard InChI is InChI=1S/C15H29NO2/c1-15(2,3)12-6-5-7-13(9-8-12)16(4)11-10-14(17)18/h12-13H,5-11H2,1-4H3,(H,17,18). The van der Waals surface area contributed by atoms with E-state index >= 15 is 0 Å². The van der Waals surface area contributed by atoms with Gasteiger partial charge in [0.1, 0.15) is 0 Å². The lowest BCUT2D eigenvalue weighted by Crippen LogP contribution is -2.33. The summed E-state index contributed by atoms with van der Waals surface area (Å²) in [5.74, 6) is 0.124. The summed E-state index contributed by atoms with van der Waals surface area (Å²) in [6.07, 6.45) is 6.60. The molecule has 0 saturated heterocycles. The van der Waals surface area contributed by atoms with Crippen LogP contribution in [0.25, 0.3) is 0 Å². The Labute approximate surface area is 112 Å². The molecule has 106 valence electrons. The highest BCUT2D eigenvalue weighted by Gasteiger charge is 2.28. The van der Waals surface area contributed by atoms with Crippen LogP contribution in [0.2, 0.25) is 0 Å². The molecular formula is C15H29NO2. The molecule has 0 amide bonds. The molecule has 0 aliphatic heterocycles. The van der Waals surface area contributed by atoms with Gasteiger partial charge in [-0.3, -0.25) is 4.79 Å². The SMILES string of the molecule is CN(CCC(=O)O)C1CCCC(C(C)(C)C)CC1. The smallest absolute Gasteiger partial charge is 0.304 e. The number of aliphatic carboxylic acids is 1. The van der Waals surface area contributed by atoms with E-state index in [1.54, 1.807) is 0 Å². The average Bonchev–Trinajstić information content (AvgIpc) is 2.50. The van der Waals surface area contributed by atoms with E-state index in [0.29, 0.717) is 18.0 Å². The average molecular weight is 255 g/mol. The van der Waals surface area contributed by atoms with Crippen molar-refractivity contribution in [2.45, 2.75) is 65.3 Å². The first kappa shape index (κ1) is 15.5. The van der Waals surface area contributed by atoms with E-state index in [9.17, 15) is 4.79 Å². The molecule has 1 saturated carbocycles. The van der Waals surface area contributed by atoms with Crippen molar-refractivity contribution in [1.82, 2.24) is 4.90 Å². The van der Waals surface area contributed by atoms with E-state index in [1.165, 1.54) is 32.1 Å². The normalized spacial score (nSPS) is 26.1. The minimum Gasteiger partial charge on any atom is -0.481 e. The maximum absolute atomic E-state index is 10.6. The zero-order chi connectivity index (χ0) is 13.8. The van der Waals surface area contributed by atoms with Gasteiger partial charge < -0.3 is 10.0 Å². The van der Waals surface area contributed by atoms with Crippen LogP contribution in [0.5, 0.6) is 0 Å². The molecule has 1 N–H and O–H groups in total.